The minimum Gasteiger partial charge on any atom is -0.478 e. The number of nitrogens with zero attached hydrogens (tertiary/aromatic N) is 1. The molecule has 0 aliphatic heterocycles. The number of nitriles is 1. The van der Waals surface area contributed by atoms with Crippen LogP contribution < -0.4 is 5.32 Å². The lowest BCUT2D eigenvalue weighted by Crippen LogP contribution is -2.08. The highest BCUT2D eigenvalue weighted by Gasteiger charge is 2.20. The van der Waals surface area contributed by atoms with Crippen molar-refractivity contribution >= 4 is 51.4 Å². The summed E-state index contributed by atoms with van der Waals surface area (Å²) in [5.74, 6) is -1.87. The van der Waals surface area contributed by atoms with Gasteiger partial charge in [0.15, 0.2) is 0 Å². The molecule has 24 heavy (non-hydrogen) atoms. The van der Waals surface area contributed by atoms with E-state index in [0.717, 1.165) is 17.0 Å². The average molecular weight is 381 g/mol. The minimum atomic E-state index is -1.23. The molecule has 1 heterocycles. The second kappa shape index (κ2) is 7.49. The maximum absolute atomic E-state index is 11.7. The van der Waals surface area contributed by atoms with Crippen LogP contribution in [0.4, 0.5) is 5.00 Å². The standard InChI is InChI=1S/C16H10Cl2N2O3S/c1-8-15(10-3-2-9(17)6-12(10)18)11(7-19)16(24-8)20-13(21)4-5-14(22)23/h2-6H,1H3,(H,20,21)(H,22,23)/b5-4+. The highest BCUT2D eigenvalue weighted by molar-refractivity contribution is 7.17. The molecule has 0 atom stereocenters. The summed E-state index contributed by atoms with van der Waals surface area (Å²) >= 11 is 13.3. The molecule has 2 aromatic rings. The maximum Gasteiger partial charge on any atom is 0.328 e. The number of halogens is 2. The lowest BCUT2D eigenvalue weighted by atomic mass is 10.0. The van der Waals surface area contributed by atoms with Gasteiger partial charge in [0.1, 0.15) is 11.1 Å². The smallest absolute Gasteiger partial charge is 0.328 e. The molecule has 122 valence electrons. The zero-order valence-electron chi connectivity index (χ0n) is 12.3. The second-order valence-corrected chi connectivity index (χ2v) is 6.70. The number of benzene rings is 1. The van der Waals surface area contributed by atoms with Crippen LogP contribution in [0.2, 0.25) is 10.0 Å². The minimum absolute atomic E-state index is 0.263. The first-order chi connectivity index (χ1) is 11.3. The number of carboxylic acids is 1. The third-order valence-corrected chi connectivity index (χ3v) is 4.58. The van der Waals surface area contributed by atoms with Crippen molar-refractivity contribution in [1.29, 1.82) is 5.26 Å². The molecule has 0 radical (unpaired) electrons. The number of rotatable bonds is 4. The van der Waals surface area contributed by atoms with E-state index in [0.29, 0.717) is 26.2 Å². The predicted molar refractivity (Wildman–Crippen MR) is 94.6 cm³/mol. The van der Waals surface area contributed by atoms with Crippen molar-refractivity contribution in [3.8, 4) is 17.2 Å². The molecule has 1 amide bonds. The Hall–Kier alpha value is -2.33. The Morgan fingerprint density at radius 1 is 1.33 bits per heavy atom. The summed E-state index contributed by atoms with van der Waals surface area (Å²) in [5.41, 5.74) is 1.51. The van der Waals surface area contributed by atoms with Crippen LogP contribution in [0.15, 0.2) is 30.4 Å². The Morgan fingerprint density at radius 3 is 2.62 bits per heavy atom. The number of thiophene rings is 1. The Bertz CT molecular complexity index is 897. The molecule has 0 aliphatic carbocycles. The molecule has 5 nitrogen and oxygen atoms in total. The zero-order chi connectivity index (χ0) is 17.9. The first-order valence-corrected chi connectivity index (χ1v) is 8.11. The zero-order valence-corrected chi connectivity index (χ0v) is 14.6. The van der Waals surface area contributed by atoms with Gasteiger partial charge in [0.2, 0.25) is 5.91 Å². The number of hydrogen-bond donors (Lipinski definition) is 2. The summed E-state index contributed by atoms with van der Waals surface area (Å²) in [4.78, 5) is 23.0. The Balaban J connectivity index is 2.46. The maximum atomic E-state index is 11.7. The monoisotopic (exact) mass is 380 g/mol. The van der Waals surface area contributed by atoms with Crippen LogP contribution in [0.1, 0.15) is 10.4 Å². The Labute approximate surface area is 151 Å². The van der Waals surface area contributed by atoms with E-state index in [2.05, 4.69) is 11.4 Å². The summed E-state index contributed by atoms with van der Waals surface area (Å²) < 4.78 is 0. The van der Waals surface area contributed by atoms with Gasteiger partial charge in [-0.05, 0) is 19.1 Å². The van der Waals surface area contributed by atoms with Crippen molar-refractivity contribution in [2.45, 2.75) is 6.92 Å². The largest absolute Gasteiger partial charge is 0.478 e. The van der Waals surface area contributed by atoms with Gasteiger partial charge >= 0.3 is 5.97 Å². The molecule has 1 aromatic carbocycles. The molecule has 0 bridgehead atoms. The topological polar surface area (TPSA) is 90.2 Å². The average Bonchev–Trinajstić information content (AvgIpc) is 2.80. The van der Waals surface area contributed by atoms with Crippen LogP contribution in [-0.2, 0) is 9.59 Å². The van der Waals surface area contributed by atoms with Crippen molar-refractivity contribution in [1.82, 2.24) is 0 Å². The molecule has 0 spiro atoms. The number of carboxylic acid groups (broad SMARTS) is 1. The van der Waals surface area contributed by atoms with E-state index in [1.165, 1.54) is 11.3 Å². The number of aryl methyl sites for hydroxylation is 1. The van der Waals surface area contributed by atoms with E-state index >= 15 is 0 Å². The van der Waals surface area contributed by atoms with Crippen LogP contribution in [0, 0.1) is 18.3 Å². The summed E-state index contributed by atoms with van der Waals surface area (Å²) in [6.45, 7) is 1.80. The fourth-order valence-corrected chi connectivity index (χ4v) is 3.58. The fraction of sp³-hybridized carbons (Fsp3) is 0.0625. The molecule has 0 unspecified atom stereocenters. The van der Waals surface area contributed by atoms with E-state index in [1.54, 1.807) is 25.1 Å². The van der Waals surface area contributed by atoms with Gasteiger partial charge in [0, 0.05) is 38.2 Å². The van der Waals surface area contributed by atoms with E-state index in [4.69, 9.17) is 28.3 Å². The third-order valence-electron chi connectivity index (χ3n) is 3.01. The van der Waals surface area contributed by atoms with Gasteiger partial charge in [0.25, 0.3) is 0 Å². The number of nitrogens with one attached hydrogen (secondary N) is 1. The van der Waals surface area contributed by atoms with Gasteiger partial charge in [-0.15, -0.1) is 11.3 Å². The first-order valence-electron chi connectivity index (χ1n) is 6.54. The highest BCUT2D eigenvalue weighted by atomic mass is 35.5. The molecule has 8 heteroatoms. The van der Waals surface area contributed by atoms with Gasteiger partial charge < -0.3 is 10.4 Å². The van der Waals surface area contributed by atoms with Crippen LogP contribution in [0.25, 0.3) is 11.1 Å². The quantitative estimate of drug-likeness (QED) is 0.764. The first kappa shape index (κ1) is 18.0. The lowest BCUT2D eigenvalue weighted by Gasteiger charge is -2.05. The molecule has 1 aromatic heterocycles. The van der Waals surface area contributed by atoms with E-state index < -0.39 is 11.9 Å². The molecule has 0 saturated heterocycles. The van der Waals surface area contributed by atoms with Gasteiger partial charge in [-0.3, -0.25) is 4.79 Å². The van der Waals surface area contributed by atoms with Crippen molar-refractivity contribution in [2.24, 2.45) is 0 Å². The summed E-state index contributed by atoms with van der Waals surface area (Å²) in [7, 11) is 0. The summed E-state index contributed by atoms with van der Waals surface area (Å²) in [6, 6.07) is 7.00. The van der Waals surface area contributed by atoms with E-state index in [9.17, 15) is 14.9 Å². The van der Waals surface area contributed by atoms with E-state index in [1.807, 2.05) is 0 Å². The SMILES string of the molecule is Cc1sc(NC(=O)/C=C/C(=O)O)c(C#N)c1-c1ccc(Cl)cc1Cl. The Morgan fingerprint density at radius 2 is 2.04 bits per heavy atom. The summed E-state index contributed by atoms with van der Waals surface area (Å²) in [6.07, 6.45) is 1.60. The number of carbonyl (C=O) groups excluding carboxylic acids is 1. The number of anilines is 1. The number of amides is 1. The number of aliphatic carboxylic acids is 1. The van der Waals surface area contributed by atoms with Gasteiger partial charge in [-0.1, -0.05) is 29.3 Å². The summed E-state index contributed by atoms with van der Waals surface area (Å²) in [5, 5.41) is 21.7. The molecule has 0 saturated carbocycles. The van der Waals surface area contributed by atoms with E-state index in [-0.39, 0.29) is 5.56 Å². The van der Waals surface area contributed by atoms with Crippen molar-refractivity contribution < 1.29 is 14.7 Å². The predicted octanol–water partition coefficient (Wildman–Crippen LogP) is 4.48. The molecular formula is C16H10Cl2N2O3S. The third kappa shape index (κ3) is 3.95. The fourth-order valence-electron chi connectivity index (χ4n) is 2.06. The van der Waals surface area contributed by atoms with Gasteiger partial charge in [-0.2, -0.15) is 5.26 Å². The number of carbonyl (C=O) groups is 2. The highest BCUT2D eigenvalue weighted by Crippen LogP contribution is 2.42. The van der Waals surface area contributed by atoms with Crippen molar-refractivity contribution in [3.63, 3.8) is 0 Å². The molecular weight excluding hydrogens is 371 g/mol. The van der Waals surface area contributed by atoms with Crippen LogP contribution in [0.3, 0.4) is 0 Å². The molecule has 0 aliphatic rings. The molecule has 2 N–H and O–H groups in total. The number of hydrogen-bond acceptors (Lipinski definition) is 4. The van der Waals surface area contributed by atoms with Crippen molar-refractivity contribution in [3.05, 3.63) is 50.8 Å². The molecule has 2 rings (SSSR count). The van der Waals surface area contributed by atoms with Crippen LogP contribution in [0.5, 0.6) is 0 Å². The molecule has 0 fully saturated rings. The van der Waals surface area contributed by atoms with Crippen LogP contribution >= 0.6 is 34.5 Å². The second-order valence-electron chi connectivity index (χ2n) is 4.63. The van der Waals surface area contributed by atoms with Gasteiger partial charge in [-0.25, -0.2) is 4.79 Å². The Kier molecular flexibility index (Phi) is 5.62. The normalized spacial score (nSPS) is 10.6. The van der Waals surface area contributed by atoms with Crippen molar-refractivity contribution in [2.75, 3.05) is 5.32 Å². The van der Waals surface area contributed by atoms with Crippen LogP contribution in [-0.4, -0.2) is 17.0 Å². The van der Waals surface area contributed by atoms with Gasteiger partial charge in [0.05, 0.1) is 5.56 Å². The lowest BCUT2D eigenvalue weighted by molar-refractivity contribution is -0.131.